The molecule has 3 rings (SSSR count). The van der Waals surface area contributed by atoms with Crippen molar-refractivity contribution in [2.45, 2.75) is 70.4 Å². The Morgan fingerprint density at radius 2 is 1.70 bits per heavy atom. The summed E-state index contributed by atoms with van der Waals surface area (Å²) in [5.41, 5.74) is 2.50. The van der Waals surface area contributed by atoms with E-state index in [1.54, 1.807) is 0 Å². The molecule has 0 aromatic carbocycles. The van der Waals surface area contributed by atoms with Gasteiger partial charge in [0, 0.05) is 30.7 Å². The van der Waals surface area contributed by atoms with Gasteiger partial charge in [-0.3, -0.25) is 28.1 Å². The first kappa shape index (κ1) is 45.9. The zero-order chi connectivity index (χ0) is 40.9. The zero-order valence-corrected chi connectivity index (χ0v) is 32.4. The Bertz CT molecular complexity index is 1810. The number of nitrogen functional groups attached to an aromatic ring is 1. The molecule has 3 heterocycles. The predicted octanol–water partition coefficient (Wildman–Crippen LogP) is -4.09. The van der Waals surface area contributed by atoms with Crippen LogP contribution >= 0.6 is 35.2 Å². The van der Waals surface area contributed by atoms with Gasteiger partial charge < -0.3 is 74.1 Å². The maximum absolute atomic E-state index is 12.5. The van der Waals surface area contributed by atoms with Crippen molar-refractivity contribution >= 4 is 69.1 Å². The Morgan fingerprint density at radius 3 is 2.33 bits per heavy atom. The Balaban J connectivity index is 1.51. The summed E-state index contributed by atoms with van der Waals surface area (Å²) in [6.45, 7) is 2.53. The van der Waals surface area contributed by atoms with Gasteiger partial charge in [-0.25, -0.2) is 19.3 Å². The summed E-state index contributed by atoms with van der Waals surface area (Å²) in [4.78, 5) is 95.4. The lowest BCUT2D eigenvalue weighted by atomic mass is 9.87. The van der Waals surface area contributed by atoms with Gasteiger partial charge in [-0.2, -0.15) is 0 Å². The van der Waals surface area contributed by atoms with Crippen molar-refractivity contribution in [3.8, 4) is 0 Å². The van der Waals surface area contributed by atoms with E-state index in [-0.39, 0.29) is 42.2 Å². The monoisotopic (exact) mass is 849 g/mol. The minimum absolute atomic E-state index is 0.0271. The molecule has 7 N–H and O–H groups in total. The predicted molar refractivity (Wildman–Crippen MR) is 175 cm³/mol. The minimum Gasteiger partial charge on any atom is -0.790 e. The quantitative estimate of drug-likeness (QED) is 0.0545. The number of hydrogen-bond donors (Lipinski definition) is 6. The summed E-state index contributed by atoms with van der Waals surface area (Å²) < 4.78 is 60.3. The average Bonchev–Trinajstić information content (AvgIpc) is 3.60. The second-order valence-corrected chi connectivity index (χ2v) is 17.8. The number of carbonyl (C=O) groups is 3. The Labute approximate surface area is 310 Å². The number of aliphatic hydroxyl groups is 3. The number of phosphoric acid groups is 3. The van der Waals surface area contributed by atoms with Gasteiger partial charge in [0.15, 0.2) is 17.7 Å². The first-order chi connectivity index (χ1) is 24.7. The molecule has 29 heteroatoms. The average molecular weight is 850 g/mol. The van der Waals surface area contributed by atoms with Crippen LogP contribution in [-0.4, -0.2) is 114 Å². The van der Waals surface area contributed by atoms with Gasteiger partial charge in [0.2, 0.25) is 16.9 Å². The van der Waals surface area contributed by atoms with Crippen molar-refractivity contribution in [3.05, 3.63) is 12.7 Å². The Hall–Kier alpha value is -2.48. The third-order valence-corrected chi connectivity index (χ3v) is 11.4. The number of ether oxygens (including phenoxy) is 1. The van der Waals surface area contributed by atoms with Gasteiger partial charge in [-0.15, -0.1) is 0 Å². The van der Waals surface area contributed by atoms with E-state index >= 15 is 0 Å². The molecule has 0 spiro atoms. The molecule has 7 atom stereocenters. The molecule has 0 bridgehead atoms. The summed E-state index contributed by atoms with van der Waals surface area (Å²) in [6, 6.07) is 0. The summed E-state index contributed by atoms with van der Waals surface area (Å²) >= 11 is 0.815. The van der Waals surface area contributed by atoms with Gasteiger partial charge >= 0.3 is 0 Å². The first-order valence-electron chi connectivity index (χ1n) is 15.4. The van der Waals surface area contributed by atoms with Crippen LogP contribution in [0.3, 0.4) is 0 Å². The number of imidazole rings is 1. The molecule has 2 aromatic heterocycles. The first-order valence-corrected chi connectivity index (χ1v) is 20.8. The fourth-order valence-electron chi connectivity index (χ4n) is 4.43. The number of hydrogen-bond acceptors (Lipinski definition) is 23. The molecule has 2 unspecified atom stereocenters. The van der Waals surface area contributed by atoms with E-state index in [4.69, 9.17) is 10.5 Å². The SMILES string of the molecule is CC(C)(O)C(=O)SCCNC(=O)CCNC(=O)[C@H](O)C(C)(C)COP(=O)([O-])OP(=O)([O-])OC[C@H]1O[C@@H](n2cnc3c(N)ncnc32)[C@H](O)[C@@H]1OP(=O)([O-])[O-]. The molecule has 1 saturated heterocycles. The van der Waals surface area contributed by atoms with Crippen LogP contribution in [0.1, 0.15) is 40.3 Å². The number of nitrogens with two attached hydrogens (primary N) is 1. The van der Waals surface area contributed by atoms with Crippen LogP contribution in [0.15, 0.2) is 12.7 Å². The number of phosphoric ester groups is 3. The Kier molecular flexibility index (Phi) is 15.5. The highest BCUT2D eigenvalue weighted by Crippen LogP contribution is 2.56. The number of fused-ring (bicyclic) bond motifs is 1. The van der Waals surface area contributed by atoms with Crippen molar-refractivity contribution in [1.82, 2.24) is 30.2 Å². The highest BCUT2D eigenvalue weighted by Gasteiger charge is 2.47. The molecular formula is C25H38N7O18P3S-4. The topological polar surface area (TPSA) is 395 Å². The zero-order valence-electron chi connectivity index (χ0n) is 28.9. The minimum atomic E-state index is -5.92. The number of nitrogens with zero attached hydrogens (tertiary/aromatic N) is 4. The molecule has 0 radical (unpaired) electrons. The van der Waals surface area contributed by atoms with E-state index in [9.17, 15) is 63.0 Å². The lowest BCUT2D eigenvalue weighted by Crippen LogP contribution is -2.46. The largest absolute Gasteiger partial charge is 0.790 e. The molecule has 0 saturated carbocycles. The van der Waals surface area contributed by atoms with E-state index in [1.165, 1.54) is 27.7 Å². The van der Waals surface area contributed by atoms with Gasteiger partial charge in [-0.05, 0) is 13.8 Å². The van der Waals surface area contributed by atoms with Gasteiger partial charge in [0.25, 0.3) is 15.6 Å². The molecule has 1 aliphatic rings. The van der Waals surface area contributed by atoms with Crippen LogP contribution in [0.25, 0.3) is 11.2 Å². The maximum atomic E-state index is 12.5. The van der Waals surface area contributed by atoms with Crippen LogP contribution < -0.4 is 35.9 Å². The smallest absolute Gasteiger partial charge is 0.274 e. The summed E-state index contributed by atoms with van der Waals surface area (Å²) in [5.74, 6) is -1.46. The fourth-order valence-corrected chi connectivity index (χ4v) is 7.91. The number of nitrogens with one attached hydrogen (secondary N) is 2. The number of rotatable bonds is 20. The molecule has 54 heavy (non-hydrogen) atoms. The van der Waals surface area contributed by atoms with Gasteiger partial charge in [-0.1, -0.05) is 25.6 Å². The number of amides is 2. The van der Waals surface area contributed by atoms with Crippen molar-refractivity contribution in [3.63, 3.8) is 0 Å². The van der Waals surface area contributed by atoms with Crippen molar-refractivity contribution < 1.29 is 85.6 Å². The molecule has 1 fully saturated rings. The number of carbonyl (C=O) groups excluding carboxylic acids is 3. The van der Waals surface area contributed by atoms with Crippen LogP contribution in [-0.2, 0) is 50.7 Å². The number of aromatic nitrogens is 4. The number of thioether (sulfide) groups is 1. The molecular weight excluding hydrogens is 811 g/mol. The third-order valence-electron chi connectivity index (χ3n) is 7.21. The molecule has 25 nitrogen and oxygen atoms in total. The number of aliphatic hydroxyl groups excluding tert-OH is 2. The number of anilines is 1. The standard InChI is InChI=1S/C25H42N7O18P3S/c1-24(2,18(35)21(36)28-6-5-14(33)27-7-8-54-23(37)25(3,4)38)10-47-53(44,45)50-52(42,43)46-9-13-17(49-51(39,40)41)16(34)22(48-13)32-12-31-15-19(26)29-11-30-20(15)32/h11-13,16-18,22,34-35,38H,5-10H2,1-4H3,(H,27,33)(H,28,36)(H,42,43)(H,44,45)(H2,26,29,30)(H2,39,40,41)/p-4/t13-,16-,17-,18+,22-/m1/s1. The molecule has 2 aromatic rings. The summed E-state index contributed by atoms with van der Waals surface area (Å²) in [5, 5.41) is 35.1. The van der Waals surface area contributed by atoms with Crippen molar-refractivity contribution in [1.29, 1.82) is 0 Å². The lowest BCUT2D eigenvalue weighted by Gasteiger charge is -2.36. The van der Waals surface area contributed by atoms with Crippen molar-refractivity contribution in [2.75, 3.05) is 37.8 Å². The molecule has 306 valence electrons. The normalized spacial score (nSPS) is 22.4. The molecule has 2 amide bonds. The Morgan fingerprint density at radius 1 is 1.06 bits per heavy atom. The van der Waals surface area contributed by atoms with Crippen LogP contribution in [0.5, 0.6) is 0 Å². The van der Waals surface area contributed by atoms with E-state index in [1.807, 2.05) is 0 Å². The van der Waals surface area contributed by atoms with E-state index in [0.29, 0.717) is 0 Å². The van der Waals surface area contributed by atoms with Crippen LogP contribution in [0.2, 0.25) is 0 Å². The second kappa shape index (κ2) is 18.2. The van der Waals surface area contributed by atoms with Crippen LogP contribution in [0.4, 0.5) is 5.82 Å². The van der Waals surface area contributed by atoms with E-state index in [0.717, 1.165) is 29.0 Å². The highest BCUT2D eigenvalue weighted by molar-refractivity contribution is 8.13. The highest BCUT2D eigenvalue weighted by atomic mass is 32.2. The third kappa shape index (κ3) is 13.3. The molecule has 1 aliphatic heterocycles. The van der Waals surface area contributed by atoms with Crippen molar-refractivity contribution in [2.24, 2.45) is 5.41 Å². The summed E-state index contributed by atoms with van der Waals surface area (Å²) in [7, 11) is -17.6. The lowest BCUT2D eigenvalue weighted by molar-refractivity contribution is -0.347. The van der Waals surface area contributed by atoms with Gasteiger partial charge in [0.1, 0.15) is 41.9 Å². The maximum Gasteiger partial charge on any atom is 0.274 e. The van der Waals surface area contributed by atoms with Crippen LogP contribution in [0, 0.1) is 5.41 Å². The molecule has 0 aliphatic carbocycles. The van der Waals surface area contributed by atoms with E-state index in [2.05, 4.69) is 43.5 Å². The van der Waals surface area contributed by atoms with Gasteiger partial charge in [0.05, 0.1) is 27.4 Å². The van der Waals surface area contributed by atoms with E-state index < -0.39 is 95.3 Å². The summed E-state index contributed by atoms with van der Waals surface area (Å²) in [6.07, 6.45) is -7.69. The fraction of sp³-hybridized carbons (Fsp3) is 0.680. The second-order valence-electron chi connectivity index (χ2n) is 12.7.